The molecule has 1 atom stereocenters. The maximum absolute atomic E-state index is 12.3. The molecule has 5 nitrogen and oxygen atoms in total. The Morgan fingerprint density at radius 2 is 2.13 bits per heavy atom. The van der Waals surface area contributed by atoms with Crippen LogP contribution >= 0.6 is 11.6 Å². The molecule has 0 N–H and O–H groups in total. The molecule has 122 valence electrons. The van der Waals surface area contributed by atoms with Crippen molar-refractivity contribution in [2.75, 3.05) is 6.54 Å². The van der Waals surface area contributed by atoms with Gasteiger partial charge in [0, 0.05) is 36.0 Å². The van der Waals surface area contributed by atoms with E-state index in [2.05, 4.69) is 17.1 Å². The summed E-state index contributed by atoms with van der Waals surface area (Å²) < 4.78 is 5.25. The molecule has 2 aromatic rings. The van der Waals surface area contributed by atoms with E-state index in [1.54, 1.807) is 12.1 Å². The van der Waals surface area contributed by atoms with Crippen LogP contribution in [0.25, 0.3) is 11.4 Å². The molecule has 1 fully saturated rings. The van der Waals surface area contributed by atoms with Crippen molar-refractivity contribution >= 4 is 17.5 Å². The van der Waals surface area contributed by atoms with E-state index in [0.717, 1.165) is 24.9 Å². The Morgan fingerprint density at radius 3 is 2.87 bits per heavy atom. The van der Waals surface area contributed by atoms with Gasteiger partial charge in [-0.2, -0.15) is 4.98 Å². The fourth-order valence-corrected chi connectivity index (χ4v) is 3.02. The van der Waals surface area contributed by atoms with E-state index >= 15 is 0 Å². The number of benzene rings is 1. The first-order valence-electron chi connectivity index (χ1n) is 8.01. The molecule has 2 heterocycles. The highest BCUT2D eigenvalue weighted by atomic mass is 35.5. The van der Waals surface area contributed by atoms with E-state index in [9.17, 15) is 4.79 Å². The summed E-state index contributed by atoms with van der Waals surface area (Å²) in [6, 6.07) is 7.60. The van der Waals surface area contributed by atoms with Gasteiger partial charge >= 0.3 is 0 Å². The first-order valence-corrected chi connectivity index (χ1v) is 8.39. The third kappa shape index (κ3) is 3.91. The summed E-state index contributed by atoms with van der Waals surface area (Å²) in [6.07, 6.45) is 4.28. The molecule has 1 amide bonds. The van der Waals surface area contributed by atoms with Crippen molar-refractivity contribution in [2.24, 2.45) is 0 Å². The van der Waals surface area contributed by atoms with Crippen molar-refractivity contribution in [3.63, 3.8) is 0 Å². The van der Waals surface area contributed by atoms with E-state index in [0.29, 0.717) is 35.6 Å². The fourth-order valence-electron chi connectivity index (χ4n) is 2.90. The number of carbonyl (C=O) groups is 1. The Hall–Kier alpha value is -1.88. The molecule has 1 aliphatic rings. The van der Waals surface area contributed by atoms with Crippen molar-refractivity contribution in [1.29, 1.82) is 0 Å². The van der Waals surface area contributed by atoms with Crippen molar-refractivity contribution in [2.45, 2.75) is 45.1 Å². The van der Waals surface area contributed by atoms with Gasteiger partial charge in [0.1, 0.15) is 0 Å². The topological polar surface area (TPSA) is 59.2 Å². The SMILES string of the molecule is C[C@H]1CCCCN1C(=O)CCc1nc(-c2ccc(Cl)cc2)no1. The second-order valence-corrected chi connectivity index (χ2v) is 6.39. The van der Waals surface area contributed by atoms with E-state index in [4.69, 9.17) is 16.1 Å². The number of aromatic nitrogens is 2. The minimum Gasteiger partial charge on any atom is -0.340 e. The molecule has 0 aliphatic carbocycles. The molecule has 3 rings (SSSR count). The third-order valence-corrected chi connectivity index (χ3v) is 4.50. The number of hydrogen-bond donors (Lipinski definition) is 0. The molecule has 0 bridgehead atoms. The quantitative estimate of drug-likeness (QED) is 0.855. The van der Waals surface area contributed by atoms with Crippen molar-refractivity contribution in [3.8, 4) is 11.4 Å². The molecule has 0 unspecified atom stereocenters. The summed E-state index contributed by atoms with van der Waals surface area (Å²) in [6.45, 7) is 2.97. The molecule has 1 aliphatic heterocycles. The van der Waals surface area contributed by atoms with Crippen molar-refractivity contribution in [1.82, 2.24) is 15.0 Å². The van der Waals surface area contributed by atoms with Gasteiger partial charge in [-0.3, -0.25) is 4.79 Å². The normalized spacial score (nSPS) is 18.2. The average Bonchev–Trinajstić information content (AvgIpc) is 3.03. The van der Waals surface area contributed by atoms with Gasteiger partial charge in [0.25, 0.3) is 0 Å². The molecule has 0 saturated carbocycles. The van der Waals surface area contributed by atoms with Gasteiger partial charge in [-0.25, -0.2) is 0 Å². The van der Waals surface area contributed by atoms with Crippen LogP contribution in [0.15, 0.2) is 28.8 Å². The van der Waals surface area contributed by atoms with Gasteiger partial charge in [-0.05, 0) is 50.5 Å². The lowest BCUT2D eigenvalue weighted by Gasteiger charge is -2.33. The number of hydrogen-bond acceptors (Lipinski definition) is 4. The van der Waals surface area contributed by atoms with Crippen molar-refractivity contribution in [3.05, 3.63) is 35.2 Å². The second kappa shape index (κ2) is 7.13. The number of halogens is 1. The van der Waals surface area contributed by atoms with Crippen LogP contribution in [-0.2, 0) is 11.2 Å². The van der Waals surface area contributed by atoms with Crippen LogP contribution in [0.2, 0.25) is 5.02 Å². The van der Waals surface area contributed by atoms with Crippen LogP contribution in [0.4, 0.5) is 0 Å². The number of rotatable bonds is 4. The van der Waals surface area contributed by atoms with Gasteiger partial charge in [0.2, 0.25) is 17.6 Å². The Labute approximate surface area is 140 Å². The molecule has 23 heavy (non-hydrogen) atoms. The number of piperidine rings is 1. The summed E-state index contributed by atoms with van der Waals surface area (Å²) in [5, 5.41) is 4.63. The minimum atomic E-state index is 0.170. The third-order valence-electron chi connectivity index (χ3n) is 4.25. The fraction of sp³-hybridized carbons (Fsp3) is 0.471. The van der Waals surface area contributed by atoms with Gasteiger partial charge in [0.15, 0.2) is 0 Å². The van der Waals surface area contributed by atoms with E-state index in [1.165, 1.54) is 6.42 Å². The molecule has 0 spiro atoms. The zero-order chi connectivity index (χ0) is 16.2. The van der Waals surface area contributed by atoms with Crippen LogP contribution in [0, 0.1) is 0 Å². The highest BCUT2D eigenvalue weighted by molar-refractivity contribution is 6.30. The molecule has 1 saturated heterocycles. The Kier molecular flexibility index (Phi) is 4.96. The number of nitrogens with zero attached hydrogens (tertiary/aromatic N) is 3. The molecular formula is C17H20ClN3O2. The summed E-state index contributed by atoms with van der Waals surface area (Å²) in [5.74, 6) is 1.19. The lowest BCUT2D eigenvalue weighted by atomic mass is 10.0. The highest BCUT2D eigenvalue weighted by Gasteiger charge is 2.23. The highest BCUT2D eigenvalue weighted by Crippen LogP contribution is 2.20. The number of amides is 1. The van der Waals surface area contributed by atoms with Crippen LogP contribution < -0.4 is 0 Å². The lowest BCUT2D eigenvalue weighted by molar-refractivity contribution is -0.134. The van der Waals surface area contributed by atoms with Crippen LogP contribution in [0.5, 0.6) is 0 Å². The van der Waals surface area contributed by atoms with Crippen LogP contribution in [-0.4, -0.2) is 33.5 Å². The summed E-state index contributed by atoms with van der Waals surface area (Å²) in [4.78, 5) is 18.6. The standard InChI is InChI=1S/C17H20ClN3O2/c1-12-4-2-3-11-21(12)16(22)10-9-15-19-17(20-23-15)13-5-7-14(18)8-6-13/h5-8,12H,2-4,9-11H2,1H3/t12-/m0/s1. The molecular weight excluding hydrogens is 314 g/mol. The molecule has 1 aromatic carbocycles. The predicted molar refractivity (Wildman–Crippen MR) is 88.1 cm³/mol. The first-order chi connectivity index (χ1) is 11.1. The zero-order valence-corrected chi connectivity index (χ0v) is 13.9. The predicted octanol–water partition coefficient (Wildman–Crippen LogP) is 3.72. The zero-order valence-electron chi connectivity index (χ0n) is 13.2. The van der Waals surface area contributed by atoms with Gasteiger partial charge in [-0.15, -0.1) is 0 Å². The molecule has 0 radical (unpaired) electrons. The first kappa shape index (κ1) is 16.0. The lowest BCUT2D eigenvalue weighted by Crippen LogP contribution is -2.42. The summed E-state index contributed by atoms with van der Waals surface area (Å²) in [7, 11) is 0. The smallest absolute Gasteiger partial charge is 0.227 e. The average molecular weight is 334 g/mol. The Balaban J connectivity index is 1.58. The van der Waals surface area contributed by atoms with E-state index in [-0.39, 0.29) is 5.91 Å². The summed E-state index contributed by atoms with van der Waals surface area (Å²) >= 11 is 5.87. The number of likely N-dealkylation sites (tertiary alicyclic amines) is 1. The molecule has 6 heteroatoms. The van der Waals surface area contributed by atoms with Crippen LogP contribution in [0.3, 0.4) is 0 Å². The number of aryl methyl sites for hydroxylation is 1. The van der Waals surface area contributed by atoms with Crippen molar-refractivity contribution < 1.29 is 9.32 Å². The Morgan fingerprint density at radius 1 is 1.35 bits per heavy atom. The van der Waals surface area contributed by atoms with Gasteiger partial charge in [-0.1, -0.05) is 16.8 Å². The van der Waals surface area contributed by atoms with Crippen LogP contribution in [0.1, 0.15) is 38.5 Å². The minimum absolute atomic E-state index is 0.170. The van der Waals surface area contributed by atoms with Gasteiger partial charge in [0.05, 0.1) is 0 Å². The largest absolute Gasteiger partial charge is 0.340 e. The Bertz CT molecular complexity index is 669. The van der Waals surface area contributed by atoms with Gasteiger partial charge < -0.3 is 9.42 Å². The van der Waals surface area contributed by atoms with E-state index in [1.807, 2.05) is 17.0 Å². The van der Waals surface area contributed by atoms with E-state index < -0.39 is 0 Å². The maximum atomic E-state index is 12.3. The monoisotopic (exact) mass is 333 g/mol. The maximum Gasteiger partial charge on any atom is 0.227 e. The number of carbonyl (C=O) groups excluding carboxylic acids is 1. The second-order valence-electron chi connectivity index (χ2n) is 5.95. The summed E-state index contributed by atoms with van der Waals surface area (Å²) in [5.41, 5.74) is 0.848. The molecule has 1 aromatic heterocycles.